The van der Waals surface area contributed by atoms with Crippen molar-refractivity contribution in [3.05, 3.63) is 59.6 Å². The first-order chi connectivity index (χ1) is 13.3. The van der Waals surface area contributed by atoms with Gasteiger partial charge in [-0.05, 0) is 42.8 Å². The van der Waals surface area contributed by atoms with E-state index < -0.39 is 0 Å². The molecule has 0 bridgehead atoms. The molecule has 0 aliphatic heterocycles. The summed E-state index contributed by atoms with van der Waals surface area (Å²) >= 11 is 5.93. The van der Waals surface area contributed by atoms with E-state index in [9.17, 15) is 0 Å². The molecule has 0 fully saturated rings. The number of halogens is 1. The lowest BCUT2D eigenvalue weighted by molar-refractivity contribution is 0.304. The van der Waals surface area contributed by atoms with Crippen LogP contribution in [-0.4, -0.2) is 11.8 Å². The predicted octanol–water partition coefficient (Wildman–Crippen LogP) is 7.40. The molecule has 0 unspecified atom stereocenters. The van der Waals surface area contributed by atoms with Gasteiger partial charge in [0, 0.05) is 22.2 Å². The Morgan fingerprint density at radius 1 is 0.852 bits per heavy atom. The molecule has 1 aromatic heterocycles. The third-order valence-corrected chi connectivity index (χ3v) is 4.81. The fourth-order valence-corrected chi connectivity index (χ4v) is 3.08. The quantitative estimate of drug-likeness (QED) is 0.342. The lowest BCUT2D eigenvalue weighted by Gasteiger charge is -2.06. The number of hydrogen-bond donors (Lipinski definition) is 0. The fourth-order valence-electron chi connectivity index (χ4n) is 2.96. The van der Waals surface area contributed by atoms with Crippen LogP contribution in [0.4, 0.5) is 0 Å². The summed E-state index contributed by atoms with van der Waals surface area (Å²) < 4.78 is 11.3. The van der Waals surface area contributed by atoms with Crippen molar-refractivity contribution in [3.8, 4) is 28.3 Å². The molecular weight excluding hydrogens is 358 g/mol. The fraction of sp³-hybridized carbons (Fsp3) is 0.348. The van der Waals surface area contributed by atoms with E-state index in [-0.39, 0.29) is 0 Å². The minimum absolute atomic E-state index is 0.707. The minimum Gasteiger partial charge on any atom is -0.494 e. The Kier molecular flexibility index (Phi) is 7.35. The van der Waals surface area contributed by atoms with Crippen LogP contribution in [0.3, 0.4) is 0 Å². The zero-order chi connectivity index (χ0) is 18.9. The summed E-state index contributed by atoms with van der Waals surface area (Å²) in [6, 6.07) is 17.5. The van der Waals surface area contributed by atoms with Crippen molar-refractivity contribution in [2.45, 2.75) is 45.4 Å². The summed E-state index contributed by atoms with van der Waals surface area (Å²) in [5.74, 6) is 1.63. The first-order valence-electron chi connectivity index (χ1n) is 9.72. The van der Waals surface area contributed by atoms with Crippen LogP contribution in [0, 0.1) is 0 Å². The van der Waals surface area contributed by atoms with Gasteiger partial charge >= 0.3 is 0 Å². The van der Waals surface area contributed by atoms with E-state index >= 15 is 0 Å². The second kappa shape index (κ2) is 10.2. The van der Waals surface area contributed by atoms with Crippen LogP contribution in [0.25, 0.3) is 22.6 Å². The maximum absolute atomic E-state index is 5.93. The molecule has 1 heterocycles. The number of unbranched alkanes of at least 4 members (excludes halogenated alkanes) is 5. The topological polar surface area (TPSA) is 35.3 Å². The number of hydrogen-bond acceptors (Lipinski definition) is 3. The highest BCUT2D eigenvalue weighted by atomic mass is 35.5. The molecule has 2 aromatic carbocycles. The largest absolute Gasteiger partial charge is 0.494 e. The van der Waals surface area contributed by atoms with Gasteiger partial charge in [-0.3, -0.25) is 0 Å². The molecule has 3 nitrogen and oxygen atoms in total. The van der Waals surface area contributed by atoms with Gasteiger partial charge in [-0.25, -0.2) is 0 Å². The number of benzene rings is 2. The van der Waals surface area contributed by atoms with Gasteiger partial charge in [0.2, 0.25) is 0 Å². The van der Waals surface area contributed by atoms with Crippen LogP contribution in [0.2, 0.25) is 5.02 Å². The molecule has 27 heavy (non-hydrogen) atoms. The summed E-state index contributed by atoms with van der Waals surface area (Å²) in [6.45, 7) is 3.01. The molecule has 0 atom stereocenters. The molecule has 3 aromatic rings. The van der Waals surface area contributed by atoms with Gasteiger partial charge < -0.3 is 9.26 Å². The first kappa shape index (κ1) is 19.5. The summed E-state index contributed by atoms with van der Waals surface area (Å²) in [5.41, 5.74) is 2.76. The monoisotopic (exact) mass is 383 g/mol. The molecule has 0 amide bonds. The van der Waals surface area contributed by atoms with Gasteiger partial charge in [-0.15, -0.1) is 0 Å². The Balaban J connectivity index is 1.51. The Bertz CT molecular complexity index is 809. The van der Waals surface area contributed by atoms with Gasteiger partial charge in [0.15, 0.2) is 5.76 Å². The average molecular weight is 384 g/mol. The Morgan fingerprint density at radius 3 is 2.26 bits per heavy atom. The van der Waals surface area contributed by atoms with Gasteiger partial charge in [0.05, 0.1) is 6.61 Å². The molecule has 0 radical (unpaired) electrons. The number of nitrogens with zero attached hydrogens (tertiary/aromatic N) is 1. The zero-order valence-electron chi connectivity index (χ0n) is 15.8. The van der Waals surface area contributed by atoms with E-state index in [4.69, 9.17) is 20.9 Å². The molecule has 0 saturated carbocycles. The summed E-state index contributed by atoms with van der Waals surface area (Å²) in [7, 11) is 0. The molecule has 0 aliphatic carbocycles. The molecule has 0 spiro atoms. The first-order valence-corrected chi connectivity index (χ1v) is 10.1. The van der Waals surface area contributed by atoms with E-state index in [0.29, 0.717) is 5.02 Å². The maximum atomic E-state index is 5.93. The number of rotatable bonds is 10. The molecular formula is C23H26ClNO2. The molecule has 0 aliphatic rings. The van der Waals surface area contributed by atoms with Crippen molar-refractivity contribution < 1.29 is 9.26 Å². The lowest BCUT2D eigenvalue weighted by Crippen LogP contribution is -1.97. The van der Waals surface area contributed by atoms with Crippen molar-refractivity contribution >= 4 is 11.6 Å². The molecule has 0 N–H and O–H groups in total. The van der Waals surface area contributed by atoms with Crippen LogP contribution < -0.4 is 4.74 Å². The van der Waals surface area contributed by atoms with E-state index in [0.717, 1.165) is 41.4 Å². The molecule has 142 valence electrons. The average Bonchev–Trinajstić information content (AvgIpc) is 3.18. The van der Waals surface area contributed by atoms with E-state index in [1.807, 2.05) is 54.6 Å². The summed E-state index contributed by atoms with van der Waals surface area (Å²) in [4.78, 5) is 0. The van der Waals surface area contributed by atoms with Crippen molar-refractivity contribution in [2.24, 2.45) is 0 Å². The third-order valence-electron chi connectivity index (χ3n) is 4.56. The summed E-state index contributed by atoms with van der Waals surface area (Å²) in [6.07, 6.45) is 7.61. The van der Waals surface area contributed by atoms with Gasteiger partial charge in [-0.1, -0.05) is 67.9 Å². The van der Waals surface area contributed by atoms with Crippen LogP contribution >= 0.6 is 11.6 Å². The van der Waals surface area contributed by atoms with Crippen LogP contribution in [-0.2, 0) is 0 Å². The highest BCUT2D eigenvalue weighted by Crippen LogP contribution is 2.28. The van der Waals surface area contributed by atoms with E-state index in [2.05, 4.69) is 12.1 Å². The standard InChI is InChI=1S/C23H26ClNO2/c1-2-3-4-5-6-7-16-26-21-14-10-19(11-15-21)23-17-22(25-27-23)18-8-12-20(24)13-9-18/h8-15,17H,2-7,16H2,1H3. The van der Waals surface area contributed by atoms with Crippen molar-refractivity contribution in [1.29, 1.82) is 0 Å². The van der Waals surface area contributed by atoms with Crippen LogP contribution in [0.1, 0.15) is 45.4 Å². The Morgan fingerprint density at radius 2 is 1.52 bits per heavy atom. The van der Waals surface area contributed by atoms with Crippen molar-refractivity contribution in [1.82, 2.24) is 5.16 Å². The normalized spacial score (nSPS) is 10.9. The van der Waals surface area contributed by atoms with Gasteiger partial charge in [-0.2, -0.15) is 0 Å². The van der Waals surface area contributed by atoms with E-state index in [1.165, 1.54) is 32.1 Å². The number of aromatic nitrogens is 1. The lowest BCUT2D eigenvalue weighted by atomic mass is 10.1. The van der Waals surface area contributed by atoms with Crippen LogP contribution in [0.5, 0.6) is 5.75 Å². The molecule has 3 rings (SSSR count). The maximum Gasteiger partial charge on any atom is 0.167 e. The van der Waals surface area contributed by atoms with Crippen molar-refractivity contribution in [3.63, 3.8) is 0 Å². The second-order valence-electron chi connectivity index (χ2n) is 6.72. The van der Waals surface area contributed by atoms with Crippen molar-refractivity contribution in [2.75, 3.05) is 6.61 Å². The van der Waals surface area contributed by atoms with E-state index in [1.54, 1.807) is 0 Å². The van der Waals surface area contributed by atoms with Gasteiger partial charge in [0.1, 0.15) is 11.4 Å². The summed E-state index contributed by atoms with van der Waals surface area (Å²) in [5, 5.41) is 4.86. The Labute approximate surface area is 166 Å². The highest BCUT2D eigenvalue weighted by molar-refractivity contribution is 6.30. The Hall–Kier alpha value is -2.26. The SMILES string of the molecule is CCCCCCCCOc1ccc(-c2cc(-c3ccc(Cl)cc3)no2)cc1. The highest BCUT2D eigenvalue weighted by Gasteiger charge is 2.09. The smallest absolute Gasteiger partial charge is 0.167 e. The second-order valence-corrected chi connectivity index (χ2v) is 7.16. The predicted molar refractivity (Wildman–Crippen MR) is 111 cm³/mol. The van der Waals surface area contributed by atoms with Gasteiger partial charge in [0.25, 0.3) is 0 Å². The zero-order valence-corrected chi connectivity index (χ0v) is 16.5. The van der Waals surface area contributed by atoms with Crippen LogP contribution in [0.15, 0.2) is 59.1 Å². The minimum atomic E-state index is 0.707. The molecule has 4 heteroatoms. The third kappa shape index (κ3) is 5.86. The number of ether oxygens (including phenoxy) is 1. The molecule has 0 saturated heterocycles.